The predicted molar refractivity (Wildman–Crippen MR) is 157 cm³/mol. The van der Waals surface area contributed by atoms with Crippen molar-refractivity contribution >= 4 is 22.9 Å². The van der Waals surface area contributed by atoms with Crippen molar-refractivity contribution in [2.75, 3.05) is 13.2 Å². The molecule has 260 valence electrons. The summed E-state index contributed by atoms with van der Waals surface area (Å²) in [6.45, 7) is 1.13. The Labute approximate surface area is 271 Å². The van der Waals surface area contributed by atoms with E-state index in [0.29, 0.717) is 5.56 Å². The molecule has 0 saturated carbocycles. The fourth-order valence-corrected chi connectivity index (χ4v) is 5.26. The molecule has 2 saturated heterocycles. The van der Waals surface area contributed by atoms with Gasteiger partial charge in [0.05, 0.1) is 6.61 Å². The molecule has 0 spiro atoms. The number of rotatable bonds is 9. The third kappa shape index (κ3) is 7.38. The van der Waals surface area contributed by atoms with Crippen LogP contribution < -0.4 is 14.9 Å². The summed E-state index contributed by atoms with van der Waals surface area (Å²) in [4.78, 5) is 35.9. The number of carbonyl (C=O) groups excluding carboxylic acids is 2. The lowest BCUT2D eigenvalue weighted by atomic mass is 9.99. The van der Waals surface area contributed by atoms with Crippen LogP contribution in [0, 0.1) is 0 Å². The first-order chi connectivity index (χ1) is 22.8. The zero-order valence-corrected chi connectivity index (χ0v) is 25.4. The Hall–Kier alpha value is -4.33. The number of carbonyl (C=O) groups is 2. The molecule has 0 bridgehead atoms. The number of ether oxygens (including phenoxy) is 6. The fourth-order valence-electron chi connectivity index (χ4n) is 5.26. The summed E-state index contributed by atoms with van der Waals surface area (Å²) in [5.74, 6) is -1.94. The van der Waals surface area contributed by atoms with E-state index in [0.717, 1.165) is 26.0 Å². The molecule has 0 amide bonds. The highest BCUT2D eigenvalue weighted by Crippen LogP contribution is 2.34. The van der Waals surface area contributed by atoms with Crippen molar-refractivity contribution in [3.63, 3.8) is 0 Å². The van der Waals surface area contributed by atoms with Crippen LogP contribution in [0.3, 0.4) is 0 Å². The quantitative estimate of drug-likeness (QED) is 0.129. The molecule has 0 aliphatic carbocycles. The van der Waals surface area contributed by atoms with Crippen LogP contribution in [0.4, 0.5) is 0 Å². The second-order valence-electron chi connectivity index (χ2n) is 11.1. The van der Waals surface area contributed by atoms with E-state index in [2.05, 4.69) is 0 Å². The average Bonchev–Trinajstić information content (AvgIpc) is 3.03. The number of aromatic hydroxyl groups is 1. The van der Waals surface area contributed by atoms with Crippen molar-refractivity contribution in [1.82, 2.24) is 0 Å². The lowest BCUT2D eigenvalue weighted by Crippen LogP contribution is -2.61. The maximum absolute atomic E-state index is 13.0. The number of fused-ring (bicyclic) bond motifs is 1. The van der Waals surface area contributed by atoms with E-state index < -0.39 is 97.7 Å². The number of benzene rings is 2. The largest absolute Gasteiger partial charge is 0.507 e. The van der Waals surface area contributed by atoms with Gasteiger partial charge in [0.2, 0.25) is 12.6 Å². The first-order valence-electron chi connectivity index (χ1n) is 14.6. The van der Waals surface area contributed by atoms with Gasteiger partial charge in [-0.2, -0.15) is 0 Å². The van der Waals surface area contributed by atoms with E-state index in [1.807, 2.05) is 0 Å². The highest BCUT2D eigenvalue weighted by Gasteiger charge is 2.48. The van der Waals surface area contributed by atoms with Crippen LogP contribution in [-0.2, 0) is 28.5 Å². The molecule has 1 aromatic heterocycles. The van der Waals surface area contributed by atoms with Crippen molar-refractivity contribution < 1.29 is 78.2 Å². The molecule has 7 N–H and O–H groups in total. The normalized spacial score (nSPS) is 30.4. The van der Waals surface area contributed by atoms with Crippen molar-refractivity contribution in [3.05, 3.63) is 52.7 Å². The Kier molecular flexibility index (Phi) is 10.5. The van der Waals surface area contributed by atoms with Gasteiger partial charge in [-0.3, -0.25) is 14.4 Å². The Balaban J connectivity index is 1.36. The molecule has 3 aromatic rings. The summed E-state index contributed by atoms with van der Waals surface area (Å²) in [6, 6.07) is 9.32. The number of aliphatic hydroxyl groups is 6. The standard InChI is InChI=1S/C31H34O17/c1-12(33)42-11-22-29(43-13(2)34)26(39)28(41)31(48-22)45-16-7-17(35)23-18(36)9-19(46-20(23)8-16)14-3-5-15(6-4-14)44-30-27(40)25(38)24(37)21(10-32)47-30/h3-9,21-22,24-32,35,37-41H,10-11H2,1-2H3/t21?,22?,24-,25?,26-,27?,28?,29-,30-,31-/m1/s1. The Bertz CT molecular complexity index is 1670. The second kappa shape index (κ2) is 14.4. The lowest BCUT2D eigenvalue weighted by molar-refractivity contribution is -0.282. The van der Waals surface area contributed by atoms with E-state index in [-0.39, 0.29) is 28.2 Å². The summed E-state index contributed by atoms with van der Waals surface area (Å²) >= 11 is 0. The molecule has 2 aromatic carbocycles. The summed E-state index contributed by atoms with van der Waals surface area (Å²) in [5.41, 5.74) is -0.374. The second-order valence-corrected chi connectivity index (χ2v) is 11.1. The number of hydrogen-bond acceptors (Lipinski definition) is 17. The molecule has 5 rings (SSSR count). The number of phenolic OH excluding ortho intramolecular Hbond substituents is 1. The minimum atomic E-state index is -1.78. The van der Waals surface area contributed by atoms with E-state index >= 15 is 0 Å². The van der Waals surface area contributed by atoms with Gasteiger partial charge in [-0.25, -0.2) is 0 Å². The fraction of sp³-hybridized carbons (Fsp3) is 0.452. The highest BCUT2D eigenvalue weighted by atomic mass is 16.7. The number of aliphatic hydroxyl groups excluding tert-OH is 6. The van der Waals surface area contributed by atoms with Crippen molar-refractivity contribution in [2.45, 2.75) is 75.3 Å². The van der Waals surface area contributed by atoms with Crippen molar-refractivity contribution in [1.29, 1.82) is 0 Å². The van der Waals surface area contributed by atoms with Gasteiger partial charge in [0, 0.05) is 37.6 Å². The molecule has 3 heterocycles. The number of hydrogen-bond donors (Lipinski definition) is 7. The Morgan fingerprint density at radius 1 is 0.771 bits per heavy atom. The first-order valence-corrected chi connectivity index (χ1v) is 14.6. The molecular weight excluding hydrogens is 644 g/mol. The lowest BCUT2D eigenvalue weighted by Gasteiger charge is -2.41. The van der Waals surface area contributed by atoms with Crippen LogP contribution in [0.5, 0.6) is 17.2 Å². The van der Waals surface area contributed by atoms with E-state index in [1.54, 1.807) is 0 Å². The number of phenols is 1. The molecule has 48 heavy (non-hydrogen) atoms. The predicted octanol–water partition coefficient (Wildman–Crippen LogP) is -1.34. The molecule has 2 aliphatic heterocycles. The minimum Gasteiger partial charge on any atom is -0.507 e. The average molecular weight is 679 g/mol. The first kappa shape index (κ1) is 35.0. The molecule has 2 fully saturated rings. The summed E-state index contributed by atoms with van der Waals surface area (Å²) < 4.78 is 38.2. The molecule has 10 atom stereocenters. The van der Waals surface area contributed by atoms with Gasteiger partial charge in [-0.05, 0) is 24.3 Å². The molecule has 17 nitrogen and oxygen atoms in total. The van der Waals surface area contributed by atoms with Gasteiger partial charge < -0.3 is 68.6 Å². The van der Waals surface area contributed by atoms with E-state index in [1.165, 1.54) is 30.3 Å². The molecule has 0 radical (unpaired) electrons. The van der Waals surface area contributed by atoms with Crippen LogP contribution in [-0.4, -0.2) is 122 Å². The third-order valence-corrected chi connectivity index (χ3v) is 7.67. The summed E-state index contributed by atoms with van der Waals surface area (Å²) in [7, 11) is 0. The Morgan fingerprint density at radius 3 is 2.02 bits per heavy atom. The third-order valence-electron chi connectivity index (χ3n) is 7.67. The molecule has 2 aliphatic rings. The zero-order chi connectivity index (χ0) is 34.9. The SMILES string of the molecule is CC(=O)OCC1O[C@@H](Oc2cc(O)c3c(=O)cc(-c4ccc(O[C@@H]5OC(CO)[C@@H](O)C(O)C5O)cc4)oc3c2)C(O)[C@@H](O)[C@@H]1OC(C)=O. The molecular formula is C31H34O17. The molecule has 17 heteroatoms. The zero-order valence-electron chi connectivity index (χ0n) is 25.4. The van der Waals surface area contributed by atoms with E-state index in [4.69, 9.17) is 32.8 Å². The van der Waals surface area contributed by atoms with Gasteiger partial charge >= 0.3 is 11.9 Å². The van der Waals surface area contributed by atoms with Crippen molar-refractivity contribution in [3.8, 4) is 28.6 Å². The topological polar surface area (TPSA) is 261 Å². The smallest absolute Gasteiger partial charge is 0.303 e. The monoisotopic (exact) mass is 678 g/mol. The van der Waals surface area contributed by atoms with Gasteiger partial charge in [-0.1, -0.05) is 0 Å². The summed E-state index contributed by atoms with van der Waals surface area (Å²) in [5, 5.41) is 71.4. The molecule has 5 unspecified atom stereocenters. The number of esters is 2. The maximum Gasteiger partial charge on any atom is 0.303 e. The Morgan fingerprint density at radius 2 is 1.40 bits per heavy atom. The summed E-state index contributed by atoms with van der Waals surface area (Å²) in [6.07, 6.45) is -15.1. The van der Waals surface area contributed by atoms with Crippen LogP contribution in [0.15, 0.2) is 51.7 Å². The van der Waals surface area contributed by atoms with Crippen LogP contribution in [0.1, 0.15) is 13.8 Å². The highest BCUT2D eigenvalue weighted by molar-refractivity contribution is 5.86. The van der Waals surface area contributed by atoms with Crippen LogP contribution in [0.25, 0.3) is 22.3 Å². The van der Waals surface area contributed by atoms with Gasteiger partial charge in [0.25, 0.3) is 0 Å². The van der Waals surface area contributed by atoms with Gasteiger partial charge in [0.15, 0.2) is 11.5 Å². The van der Waals surface area contributed by atoms with Crippen molar-refractivity contribution in [2.24, 2.45) is 0 Å². The van der Waals surface area contributed by atoms with Crippen LogP contribution >= 0.6 is 0 Å². The maximum atomic E-state index is 13.0. The van der Waals surface area contributed by atoms with Crippen LogP contribution in [0.2, 0.25) is 0 Å². The minimum absolute atomic E-state index is 0.0542. The van der Waals surface area contributed by atoms with E-state index in [9.17, 15) is 50.1 Å². The van der Waals surface area contributed by atoms with Gasteiger partial charge in [0.1, 0.15) is 83.3 Å². The van der Waals surface area contributed by atoms with Gasteiger partial charge in [-0.15, -0.1) is 0 Å².